The first kappa shape index (κ1) is 14.5. The number of benzene rings is 2. The monoisotopic (exact) mass is 276 g/mol. The molecular weight excluding hydrogens is 258 g/mol. The molecule has 0 fully saturated rings. The van der Waals surface area contributed by atoms with Crippen LogP contribution in [0.1, 0.15) is 12.5 Å². The Morgan fingerprint density at radius 2 is 1.85 bits per heavy atom. The van der Waals surface area contributed by atoms with Gasteiger partial charge in [-0.05, 0) is 49.9 Å². The highest BCUT2D eigenvalue weighted by Crippen LogP contribution is 2.28. The highest BCUT2D eigenvalue weighted by molar-refractivity contribution is 5.64. The number of rotatable bonds is 5. The van der Waals surface area contributed by atoms with Crippen molar-refractivity contribution < 1.29 is 8.78 Å². The lowest BCUT2D eigenvalue weighted by molar-refractivity contribution is 0.619. The highest BCUT2D eigenvalue weighted by atomic mass is 19.1. The predicted octanol–water partition coefficient (Wildman–Crippen LogP) is 3.84. The average molecular weight is 276 g/mol. The van der Waals surface area contributed by atoms with E-state index >= 15 is 0 Å². The summed E-state index contributed by atoms with van der Waals surface area (Å²) in [5.41, 5.74) is 1.94. The third-order valence-electron chi connectivity index (χ3n) is 3.09. The van der Waals surface area contributed by atoms with Gasteiger partial charge < -0.3 is 10.2 Å². The van der Waals surface area contributed by atoms with Crippen LogP contribution in [-0.4, -0.2) is 13.6 Å². The molecule has 0 aliphatic rings. The van der Waals surface area contributed by atoms with Gasteiger partial charge in [-0.3, -0.25) is 0 Å². The van der Waals surface area contributed by atoms with E-state index in [9.17, 15) is 8.78 Å². The number of nitrogens with one attached hydrogen (secondary N) is 1. The lowest BCUT2D eigenvalue weighted by atomic mass is 10.1. The summed E-state index contributed by atoms with van der Waals surface area (Å²) in [5.74, 6) is -0.628. The molecular formula is C16H18F2N2. The van der Waals surface area contributed by atoms with Crippen molar-refractivity contribution in [2.75, 3.05) is 18.5 Å². The Hall–Kier alpha value is -1.94. The first-order chi connectivity index (χ1) is 9.65. The molecule has 0 bridgehead atoms. The van der Waals surface area contributed by atoms with Crippen LogP contribution >= 0.6 is 0 Å². The maximum atomic E-state index is 13.9. The molecule has 2 nitrogen and oxygen atoms in total. The SMILES string of the molecule is CCN(c1cc(F)cc(CNC)c1)c1ccccc1F. The Morgan fingerprint density at radius 3 is 2.50 bits per heavy atom. The quantitative estimate of drug-likeness (QED) is 0.892. The van der Waals surface area contributed by atoms with Crippen LogP contribution < -0.4 is 10.2 Å². The summed E-state index contributed by atoms with van der Waals surface area (Å²) in [6.45, 7) is 3.04. The van der Waals surface area contributed by atoms with Gasteiger partial charge in [0, 0.05) is 18.8 Å². The van der Waals surface area contributed by atoms with Gasteiger partial charge >= 0.3 is 0 Å². The maximum absolute atomic E-state index is 13.9. The second-order valence-electron chi connectivity index (χ2n) is 4.54. The molecule has 0 atom stereocenters. The third-order valence-corrected chi connectivity index (χ3v) is 3.09. The number of hydrogen-bond donors (Lipinski definition) is 1. The van der Waals surface area contributed by atoms with Crippen LogP contribution in [-0.2, 0) is 6.54 Å². The average Bonchev–Trinajstić information content (AvgIpc) is 2.41. The molecule has 0 heterocycles. The van der Waals surface area contributed by atoms with E-state index in [1.807, 2.05) is 13.0 Å². The zero-order valence-corrected chi connectivity index (χ0v) is 11.7. The molecule has 0 unspecified atom stereocenters. The molecule has 4 heteroatoms. The molecule has 2 aromatic carbocycles. The summed E-state index contributed by atoms with van der Waals surface area (Å²) >= 11 is 0. The molecule has 0 saturated heterocycles. The van der Waals surface area contributed by atoms with Crippen molar-refractivity contribution in [2.24, 2.45) is 0 Å². The van der Waals surface area contributed by atoms with E-state index in [2.05, 4.69) is 5.32 Å². The van der Waals surface area contributed by atoms with E-state index in [-0.39, 0.29) is 11.6 Å². The van der Waals surface area contributed by atoms with Gasteiger partial charge in [-0.1, -0.05) is 12.1 Å². The van der Waals surface area contributed by atoms with Crippen LogP contribution in [0.5, 0.6) is 0 Å². The van der Waals surface area contributed by atoms with Gasteiger partial charge in [-0.25, -0.2) is 8.78 Å². The first-order valence-electron chi connectivity index (χ1n) is 6.62. The second kappa shape index (κ2) is 6.48. The number of halogens is 2. The van der Waals surface area contributed by atoms with E-state index in [1.54, 1.807) is 30.1 Å². The van der Waals surface area contributed by atoms with Gasteiger partial charge in [0.2, 0.25) is 0 Å². The Kier molecular flexibility index (Phi) is 4.69. The largest absolute Gasteiger partial charge is 0.339 e. The summed E-state index contributed by atoms with van der Waals surface area (Å²) in [4.78, 5) is 1.76. The van der Waals surface area contributed by atoms with Gasteiger partial charge in [-0.2, -0.15) is 0 Å². The predicted molar refractivity (Wildman–Crippen MR) is 78.2 cm³/mol. The minimum atomic E-state index is -0.317. The standard InChI is InChI=1S/C16H18F2N2/c1-3-20(16-7-5-4-6-15(16)18)14-9-12(11-19-2)8-13(17)10-14/h4-10,19H,3,11H2,1-2H3. The Balaban J connectivity index is 2.44. The van der Waals surface area contributed by atoms with Crippen molar-refractivity contribution in [3.63, 3.8) is 0 Å². The van der Waals surface area contributed by atoms with E-state index < -0.39 is 0 Å². The van der Waals surface area contributed by atoms with E-state index in [0.29, 0.717) is 24.5 Å². The second-order valence-corrected chi connectivity index (χ2v) is 4.54. The fraction of sp³-hybridized carbons (Fsp3) is 0.250. The van der Waals surface area contributed by atoms with E-state index in [4.69, 9.17) is 0 Å². The Labute approximate surface area is 118 Å². The summed E-state index contributed by atoms with van der Waals surface area (Å²) in [7, 11) is 1.80. The molecule has 0 aliphatic heterocycles. The Morgan fingerprint density at radius 1 is 1.10 bits per heavy atom. The summed E-state index contributed by atoms with van der Waals surface area (Å²) in [6, 6.07) is 11.3. The van der Waals surface area contributed by atoms with Crippen molar-refractivity contribution >= 4 is 11.4 Å². The molecule has 0 radical (unpaired) electrons. The van der Waals surface area contributed by atoms with Gasteiger partial charge in [0.1, 0.15) is 11.6 Å². The van der Waals surface area contributed by atoms with Gasteiger partial charge in [-0.15, -0.1) is 0 Å². The van der Waals surface area contributed by atoms with Gasteiger partial charge in [0.15, 0.2) is 0 Å². The molecule has 20 heavy (non-hydrogen) atoms. The van der Waals surface area contributed by atoms with Crippen LogP contribution in [0.3, 0.4) is 0 Å². The summed E-state index contributed by atoms with van der Waals surface area (Å²) < 4.78 is 27.6. The van der Waals surface area contributed by atoms with Crippen LogP contribution in [0, 0.1) is 11.6 Å². The topological polar surface area (TPSA) is 15.3 Å². The highest BCUT2D eigenvalue weighted by Gasteiger charge is 2.13. The molecule has 0 amide bonds. The van der Waals surface area contributed by atoms with Crippen LogP contribution in [0.2, 0.25) is 0 Å². The number of hydrogen-bond acceptors (Lipinski definition) is 2. The fourth-order valence-corrected chi connectivity index (χ4v) is 2.26. The third kappa shape index (κ3) is 3.14. The molecule has 0 spiro atoms. The molecule has 0 aromatic heterocycles. The zero-order chi connectivity index (χ0) is 14.5. The fourth-order valence-electron chi connectivity index (χ4n) is 2.26. The van der Waals surface area contributed by atoms with Crippen LogP contribution in [0.15, 0.2) is 42.5 Å². The van der Waals surface area contributed by atoms with E-state index in [1.165, 1.54) is 18.2 Å². The minimum absolute atomic E-state index is 0.311. The van der Waals surface area contributed by atoms with Crippen molar-refractivity contribution in [3.05, 3.63) is 59.7 Å². The van der Waals surface area contributed by atoms with Crippen molar-refractivity contribution in [3.8, 4) is 0 Å². The minimum Gasteiger partial charge on any atom is -0.339 e. The Bertz CT molecular complexity index is 584. The number of para-hydroxylation sites is 1. The molecule has 1 N–H and O–H groups in total. The van der Waals surface area contributed by atoms with Gasteiger partial charge in [0.25, 0.3) is 0 Å². The molecule has 2 rings (SSSR count). The number of nitrogens with zero attached hydrogens (tertiary/aromatic N) is 1. The van der Waals surface area contributed by atoms with Crippen LogP contribution in [0.25, 0.3) is 0 Å². The summed E-state index contributed by atoms with van der Waals surface area (Å²) in [5, 5.41) is 2.99. The molecule has 2 aromatic rings. The van der Waals surface area contributed by atoms with Crippen molar-refractivity contribution in [2.45, 2.75) is 13.5 Å². The maximum Gasteiger partial charge on any atom is 0.146 e. The zero-order valence-electron chi connectivity index (χ0n) is 11.7. The molecule has 106 valence electrons. The molecule has 0 aliphatic carbocycles. The van der Waals surface area contributed by atoms with E-state index in [0.717, 1.165) is 5.56 Å². The van der Waals surface area contributed by atoms with Crippen LogP contribution in [0.4, 0.5) is 20.2 Å². The normalized spacial score (nSPS) is 10.6. The van der Waals surface area contributed by atoms with Crippen molar-refractivity contribution in [1.82, 2.24) is 5.32 Å². The lowest BCUT2D eigenvalue weighted by Crippen LogP contribution is -2.18. The smallest absolute Gasteiger partial charge is 0.146 e. The molecule has 0 saturated carbocycles. The summed E-state index contributed by atoms with van der Waals surface area (Å²) in [6.07, 6.45) is 0. The first-order valence-corrected chi connectivity index (χ1v) is 6.62. The number of anilines is 2. The van der Waals surface area contributed by atoms with Gasteiger partial charge in [0.05, 0.1) is 5.69 Å². The van der Waals surface area contributed by atoms with Crippen molar-refractivity contribution in [1.29, 1.82) is 0 Å². The lowest BCUT2D eigenvalue weighted by Gasteiger charge is -2.24.